The predicted molar refractivity (Wildman–Crippen MR) is 109 cm³/mol. The molecule has 0 saturated heterocycles. The van der Waals surface area contributed by atoms with Crippen LogP contribution in [0.2, 0.25) is 0 Å². The Bertz CT molecular complexity index is 351. The lowest BCUT2D eigenvalue weighted by molar-refractivity contribution is 0.280. The SMILES string of the molecule is CCOP(=S)(OCC)SC/C=C/CSP(=S)(OCC)OCC. The molecule has 0 atom stereocenters. The van der Waals surface area contributed by atoms with Crippen LogP contribution in [0.4, 0.5) is 0 Å². The van der Waals surface area contributed by atoms with Crippen LogP contribution >= 0.6 is 34.2 Å². The summed E-state index contributed by atoms with van der Waals surface area (Å²) in [4.78, 5) is 0. The van der Waals surface area contributed by atoms with E-state index in [9.17, 15) is 0 Å². The Kier molecular flexibility index (Phi) is 14.8. The highest BCUT2D eigenvalue weighted by Crippen LogP contribution is 2.61. The highest BCUT2D eigenvalue weighted by molar-refractivity contribution is 8.68. The van der Waals surface area contributed by atoms with Crippen molar-refractivity contribution < 1.29 is 18.1 Å². The molecule has 0 aliphatic carbocycles. The molecule has 0 aliphatic rings. The molecule has 0 spiro atoms. The molecule has 0 bridgehead atoms. The fourth-order valence-corrected chi connectivity index (χ4v) is 9.91. The zero-order valence-corrected chi connectivity index (χ0v) is 18.6. The average Bonchev–Trinajstić information content (AvgIpc) is 2.44. The lowest BCUT2D eigenvalue weighted by Crippen LogP contribution is -1.93. The smallest absolute Gasteiger partial charge is 0.247 e. The zero-order valence-electron chi connectivity index (χ0n) is 13.6. The minimum absolute atomic E-state index is 0.579. The fraction of sp³-hybridized carbons (Fsp3) is 0.833. The molecule has 0 unspecified atom stereocenters. The number of hydrogen-bond acceptors (Lipinski definition) is 8. The van der Waals surface area contributed by atoms with Crippen molar-refractivity contribution in [3.8, 4) is 0 Å². The maximum absolute atomic E-state index is 5.57. The van der Waals surface area contributed by atoms with Gasteiger partial charge in [-0.05, 0) is 51.3 Å². The summed E-state index contributed by atoms with van der Waals surface area (Å²) in [6.45, 7) is 10.0. The topological polar surface area (TPSA) is 36.9 Å². The highest BCUT2D eigenvalue weighted by atomic mass is 32.9. The molecule has 0 aromatic heterocycles. The largest absolute Gasteiger partial charge is 0.322 e. The maximum atomic E-state index is 5.57. The maximum Gasteiger partial charge on any atom is 0.247 e. The molecule has 0 N–H and O–H groups in total. The van der Waals surface area contributed by atoms with Gasteiger partial charge in [-0.15, -0.1) is 0 Å². The summed E-state index contributed by atoms with van der Waals surface area (Å²) in [6.07, 6.45) is 4.13. The molecule has 0 aromatic carbocycles. The Hall–Kier alpha value is 1.58. The quantitative estimate of drug-likeness (QED) is 0.263. The first-order chi connectivity index (χ1) is 10.4. The normalized spacial score (nSPS) is 13.1. The van der Waals surface area contributed by atoms with Crippen LogP contribution < -0.4 is 0 Å². The molecule has 0 heterocycles. The van der Waals surface area contributed by atoms with Gasteiger partial charge in [-0.2, -0.15) is 0 Å². The van der Waals surface area contributed by atoms with Crippen molar-refractivity contribution >= 4 is 57.8 Å². The van der Waals surface area contributed by atoms with E-state index in [0.717, 1.165) is 11.5 Å². The minimum Gasteiger partial charge on any atom is -0.322 e. The molecule has 0 aromatic rings. The molecule has 10 heteroatoms. The summed E-state index contributed by atoms with van der Waals surface area (Å²) < 4.78 is 22.3. The van der Waals surface area contributed by atoms with E-state index in [0.29, 0.717) is 26.4 Å². The van der Waals surface area contributed by atoms with Gasteiger partial charge >= 0.3 is 0 Å². The van der Waals surface area contributed by atoms with Crippen molar-refractivity contribution in [1.82, 2.24) is 0 Å². The van der Waals surface area contributed by atoms with Gasteiger partial charge < -0.3 is 18.1 Å². The first kappa shape index (κ1) is 23.6. The minimum atomic E-state index is -2.19. The Morgan fingerprint density at radius 2 is 0.955 bits per heavy atom. The second-order valence-electron chi connectivity index (χ2n) is 3.63. The van der Waals surface area contributed by atoms with Crippen LogP contribution in [0, 0.1) is 0 Å². The summed E-state index contributed by atoms with van der Waals surface area (Å²) in [7, 11) is 0. The van der Waals surface area contributed by atoms with Gasteiger partial charge in [0, 0.05) is 11.5 Å². The van der Waals surface area contributed by atoms with Crippen LogP contribution in [0.15, 0.2) is 12.2 Å². The summed E-state index contributed by atoms with van der Waals surface area (Å²) in [5.74, 6) is 1.54. The Morgan fingerprint density at radius 3 is 1.18 bits per heavy atom. The highest BCUT2D eigenvalue weighted by Gasteiger charge is 2.18. The predicted octanol–water partition coefficient (Wildman–Crippen LogP) is 5.60. The molecule has 0 aliphatic heterocycles. The number of hydrogen-bond donors (Lipinski definition) is 0. The Morgan fingerprint density at radius 1 is 0.682 bits per heavy atom. The lowest BCUT2D eigenvalue weighted by atomic mass is 10.6. The fourth-order valence-electron chi connectivity index (χ4n) is 1.26. The first-order valence-electron chi connectivity index (χ1n) is 7.17. The van der Waals surface area contributed by atoms with E-state index < -0.39 is 11.4 Å². The van der Waals surface area contributed by atoms with Gasteiger partial charge in [-0.25, -0.2) is 0 Å². The summed E-state index contributed by atoms with van der Waals surface area (Å²) in [5, 5.41) is 0. The molecular formula is C12H26O4P2S4. The van der Waals surface area contributed by atoms with Gasteiger partial charge in [0.15, 0.2) is 0 Å². The van der Waals surface area contributed by atoms with Crippen molar-refractivity contribution in [2.45, 2.75) is 27.7 Å². The molecule has 0 radical (unpaired) electrons. The van der Waals surface area contributed by atoms with Crippen LogP contribution in [0.3, 0.4) is 0 Å². The molecule has 0 saturated carbocycles. The van der Waals surface area contributed by atoms with Crippen LogP contribution in [0.5, 0.6) is 0 Å². The van der Waals surface area contributed by atoms with Crippen LogP contribution in [-0.2, 0) is 41.7 Å². The van der Waals surface area contributed by atoms with Gasteiger partial charge in [0.2, 0.25) is 11.4 Å². The number of rotatable bonds is 14. The monoisotopic (exact) mass is 424 g/mol. The van der Waals surface area contributed by atoms with Crippen molar-refractivity contribution in [2.24, 2.45) is 0 Å². The first-order valence-corrected chi connectivity index (χ1v) is 15.6. The second kappa shape index (κ2) is 13.8. The molecule has 4 nitrogen and oxygen atoms in total. The van der Waals surface area contributed by atoms with Crippen molar-refractivity contribution in [3.63, 3.8) is 0 Å². The molecule has 22 heavy (non-hydrogen) atoms. The molecule has 132 valence electrons. The van der Waals surface area contributed by atoms with Crippen molar-refractivity contribution in [1.29, 1.82) is 0 Å². The molecule has 0 fully saturated rings. The van der Waals surface area contributed by atoms with Crippen LogP contribution in [0.1, 0.15) is 27.7 Å². The van der Waals surface area contributed by atoms with Crippen molar-refractivity contribution in [2.75, 3.05) is 37.9 Å². The third kappa shape index (κ3) is 11.2. The Labute approximate surface area is 153 Å². The van der Waals surface area contributed by atoms with E-state index in [1.165, 1.54) is 0 Å². The third-order valence-electron chi connectivity index (χ3n) is 1.97. The van der Waals surface area contributed by atoms with E-state index in [1.54, 1.807) is 22.8 Å². The standard InChI is InChI=1S/C12H26O4P2S4/c1-5-13-17(19,14-6-2)21-11-9-10-12-22-18(20,15-7-3)16-8-4/h9-10H,5-8,11-12H2,1-4H3/b10-9+. The molecule has 0 amide bonds. The third-order valence-corrected chi connectivity index (χ3v) is 12.8. The average molecular weight is 425 g/mol. The van der Waals surface area contributed by atoms with Crippen LogP contribution in [-0.4, -0.2) is 37.9 Å². The van der Waals surface area contributed by atoms with E-state index in [-0.39, 0.29) is 0 Å². The van der Waals surface area contributed by atoms with Crippen molar-refractivity contribution in [3.05, 3.63) is 12.2 Å². The van der Waals surface area contributed by atoms with Gasteiger partial charge in [0.1, 0.15) is 0 Å². The Balaban J connectivity index is 4.18. The second-order valence-corrected chi connectivity index (χ2v) is 16.3. The van der Waals surface area contributed by atoms with E-state index in [1.807, 2.05) is 27.7 Å². The molecule has 0 rings (SSSR count). The van der Waals surface area contributed by atoms with E-state index >= 15 is 0 Å². The van der Waals surface area contributed by atoms with E-state index in [2.05, 4.69) is 12.2 Å². The summed E-state index contributed by atoms with van der Waals surface area (Å²) >= 11 is 14.0. The lowest BCUT2D eigenvalue weighted by Gasteiger charge is -2.19. The van der Waals surface area contributed by atoms with Crippen LogP contribution in [0.25, 0.3) is 0 Å². The van der Waals surface area contributed by atoms with Gasteiger partial charge in [0.25, 0.3) is 0 Å². The summed E-state index contributed by atoms with van der Waals surface area (Å²) in [5.41, 5.74) is -4.39. The van der Waals surface area contributed by atoms with Gasteiger partial charge in [-0.1, -0.05) is 34.9 Å². The van der Waals surface area contributed by atoms with Gasteiger partial charge in [-0.3, -0.25) is 0 Å². The van der Waals surface area contributed by atoms with Gasteiger partial charge in [0.05, 0.1) is 26.4 Å². The van der Waals surface area contributed by atoms with E-state index in [4.69, 9.17) is 41.7 Å². The zero-order chi connectivity index (χ0) is 16.9. The summed E-state index contributed by atoms with van der Waals surface area (Å²) in [6, 6.07) is 0. The molecular weight excluding hydrogens is 398 g/mol.